The highest BCUT2D eigenvalue weighted by Crippen LogP contribution is 2.29. The van der Waals surface area contributed by atoms with Gasteiger partial charge < -0.3 is 5.11 Å². The molecular weight excluding hydrogens is 229 g/mol. The maximum absolute atomic E-state index is 13.7. The fourth-order valence-corrected chi connectivity index (χ4v) is 3.05. The molecule has 0 bridgehead atoms. The van der Waals surface area contributed by atoms with Gasteiger partial charge in [-0.15, -0.1) is 0 Å². The van der Waals surface area contributed by atoms with E-state index in [4.69, 9.17) is 0 Å². The average Bonchev–Trinajstić information content (AvgIpc) is 2.35. The Morgan fingerprint density at radius 1 is 1.22 bits per heavy atom. The molecule has 0 aromatic heterocycles. The van der Waals surface area contributed by atoms with Gasteiger partial charge in [0.15, 0.2) is 0 Å². The van der Waals surface area contributed by atoms with E-state index in [0.717, 1.165) is 18.4 Å². The first-order valence-corrected chi connectivity index (χ1v) is 6.71. The van der Waals surface area contributed by atoms with Crippen molar-refractivity contribution < 1.29 is 9.50 Å². The van der Waals surface area contributed by atoms with Crippen LogP contribution in [0.3, 0.4) is 0 Å². The molecule has 18 heavy (non-hydrogen) atoms. The number of likely N-dealkylation sites (tertiary alicyclic amines) is 1. The number of piperidine rings is 1. The monoisotopic (exact) mass is 251 g/mol. The molecule has 3 heteroatoms. The van der Waals surface area contributed by atoms with Gasteiger partial charge in [-0.3, -0.25) is 4.90 Å². The molecule has 1 fully saturated rings. The van der Waals surface area contributed by atoms with E-state index in [0.29, 0.717) is 24.5 Å². The Kier molecular flexibility index (Phi) is 4.36. The molecular formula is C15H22FNO. The number of aliphatic hydroxyl groups is 1. The highest BCUT2D eigenvalue weighted by molar-refractivity contribution is 5.17. The van der Waals surface area contributed by atoms with Crippen molar-refractivity contribution in [2.75, 3.05) is 6.61 Å². The molecule has 1 aliphatic heterocycles. The van der Waals surface area contributed by atoms with E-state index >= 15 is 0 Å². The molecule has 0 spiro atoms. The minimum atomic E-state index is -0.124. The van der Waals surface area contributed by atoms with Crippen LogP contribution in [0.5, 0.6) is 0 Å². The van der Waals surface area contributed by atoms with Crippen LogP contribution in [-0.4, -0.2) is 28.7 Å². The van der Waals surface area contributed by atoms with Gasteiger partial charge in [-0.05, 0) is 38.7 Å². The average molecular weight is 251 g/mol. The van der Waals surface area contributed by atoms with Gasteiger partial charge in [-0.1, -0.05) is 18.2 Å². The summed E-state index contributed by atoms with van der Waals surface area (Å²) in [5.74, 6) is 0.271. The fourth-order valence-electron chi connectivity index (χ4n) is 3.05. The second-order valence-corrected chi connectivity index (χ2v) is 5.48. The lowest BCUT2D eigenvalue weighted by Gasteiger charge is -2.42. The first-order valence-electron chi connectivity index (χ1n) is 6.71. The molecule has 1 aromatic carbocycles. The van der Waals surface area contributed by atoms with Gasteiger partial charge >= 0.3 is 0 Å². The summed E-state index contributed by atoms with van der Waals surface area (Å²) in [4.78, 5) is 2.34. The number of nitrogens with zero attached hydrogens (tertiary/aromatic N) is 1. The Balaban J connectivity index is 2.07. The largest absolute Gasteiger partial charge is 0.396 e. The van der Waals surface area contributed by atoms with Crippen LogP contribution >= 0.6 is 0 Å². The molecule has 2 atom stereocenters. The fraction of sp³-hybridized carbons (Fsp3) is 0.600. The van der Waals surface area contributed by atoms with Crippen LogP contribution in [0.4, 0.5) is 4.39 Å². The van der Waals surface area contributed by atoms with Crippen LogP contribution < -0.4 is 0 Å². The molecule has 100 valence electrons. The molecule has 1 heterocycles. The van der Waals surface area contributed by atoms with Crippen molar-refractivity contribution >= 4 is 0 Å². The molecule has 1 aromatic rings. The minimum absolute atomic E-state index is 0.124. The zero-order valence-corrected chi connectivity index (χ0v) is 11.1. The van der Waals surface area contributed by atoms with Crippen molar-refractivity contribution in [1.82, 2.24) is 4.90 Å². The summed E-state index contributed by atoms with van der Waals surface area (Å²) in [6, 6.07) is 7.77. The van der Waals surface area contributed by atoms with Crippen molar-refractivity contribution in [3.63, 3.8) is 0 Å². The highest BCUT2D eigenvalue weighted by Gasteiger charge is 2.30. The Morgan fingerprint density at radius 2 is 1.83 bits per heavy atom. The van der Waals surface area contributed by atoms with Crippen LogP contribution in [0, 0.1) is 11.7 Å². The van der Waals surface area contributed by atoms with E-state index < -0.39 is 0 Å². The van der Waals surface area contributed by atoms with Gasteiger partial charge in [0.1, 0.15) is 5.82 Å². The van der Waals surface area contributed by atoms with Gasteiger partial charge in [-0.25, -0.2) is 4.39 Å². The van der Waals surface area contributed by atoms with Crippen molar-refractivity contribution in [3.05, 3.63) is 35.6 Å². The van der Waals surface area contributed by atoms with E-state index in [1.54, 1.807) is 6.07 Å². The van der Waals surface area contributed by atoms with Crippen LogP contribution in [0.15, 0.2) is 24.3 Å². The van der Waals surface area contributed by atoms with E-state index in [1.807, 2.05) is 12.1 Å². The van der Waals surface area contributed by atoms with E-state index in [9.17, 15) is 9.50 Å². The van der Waals surface area contributed by atoms with Crippen LogP contribution in [0.1, 0.15) is 32.3 Å². The summed E-state index contributed by atoms with van der Waals surface area (Å²) in [6.45, 7) is 5.26. The van der Waals surface area contributed by atoms with Gasteiger partial charge in [0, 0.05) is 30.8 Å². The number of aliphatic hydroxyl groups excluding tert-OH is 1. The number of halogens is 1. The molecule has 1 aliphatic rings. The summed E-state index contributed by atoms with van der Waals surface area (Å²) >= 11 is 0. The summed E-state index contributed by atoms with van der Waals surface area (Å²) in [7, 11) is 0. The van der Waals surface area contributed by atoms with Crippen molar-refractivity contribution in [2.45, 2.75) is 45.3 Å². The third-order valence-corrected chi connectivity index (χ3v) is 4.05. The predicted octanol–water partition coefficient (Wildman–Crippen LogP) is 2.81. The minimum Gasteiger partial charge on any atom is -0.396 e. The standard InChI is InChI=1S/C15H22FNO/c1-11-7-13(10-18)8-12(2)17(11)9-14-5-3-4-6-15(14)16/h3-6,11-13,18H,7-10H2,1-2H3. The lowest BCUT2D eigenvalue weighted by atomic mass is 9.87. The van der Waals surface area contributed by atoms with Crippen molar-refractivity contribution in [2.24, 2.45) is 5.92 Å². The Hall–Kier alpha value is -0.930. The van der Waals surface area contributed by atoms with E-state index in [2.05, 4.69) is 18.7 Å². The number of rotatable bonds is 3. The van der Waals surface area contributed by atoms with E-state index in [-0.39, 0.29) is 12.4 Å². The molecule has 0 aliphatic carbocycles. The summed E-state index contributed by atoms with van der Waals surface area (Å²) in [6.07, 6.45) is 1.99. The number of hydrogen-bond acceptors (Lipinski definition) is 2. The summed E-state index contributed by atoms with van der Waals surface area (Å²) < 4.78 is 13.7. The van der Waals surface area contributed by atoms with Crippen LogP contribution in [-0.2, 0) is 6.54 Å². The van der Waals surface area contributed by atoms with Crippen LogP contribution in [0.25, 0.3) is 0 Å². The first-order chi connectivity index (χ1) is 8.61. The molecule has 2 nitrogen and oxygen atoms in total. The normalized spacial score (nSPS) is 29.4. The van der Waals surface area contributed by atoms with E-state index in [1.165, 1.54) is 6.07 Å². The van der Waals surface area contributed by atoms with Gasteiger partial charge in [0.05, 0.1) is 0 Å². The Labute approximate surface area is 108 Å². The third kappa shape index (κ3) is 2.90. The number of hydrogen-bond donors (Lipinski definition) is 1. The van der Waals surface area contributed by atoms with Crippen molar-refractivity contribution in [3.8, 4) is 0 Å². The summed E-state index contributed by atoms with van der Waals surface area (Å²) in [5.41, 5.74) is 0.763. The lowest BCUT2D eigenvalue weighted by molar-refractivity contribution is 0.0403. The predicted molar refractivity (Wildman–Crippen MR) is 70.7 cm³/mol. The van der Waals surface area contributed by atoms with Gasteiger partial charge in [0.25, 0.3) is 0 Å². The lowest BCUT2D eigenvalue weighted by Crippen LogP contribution is -2.46. The molecule has 0 amide bonds. The Bertz CT molecular complexity index is 384. The molecule has 2 rings (SSSR count). The highest BCUT2D eigenvalue weighted by atomic mass is 19.1. The topological polar surface area (TPSA) is 23.5 Å². The van der Waals surface area contributed by atoms with Crippen LogP contribution in [0.2, 0.25) is 0 Å². The zero-order chi connectivity index (χ0) is 13.1. The SMILES string of the molecule is CC1CC(CO)CC(C)N1Cc1ccccc1F. The second kappa shape index (κ2) is 5.81. The molecule has 0 saturated carbocycles. The number of benzene rings is 1. The zero-order valence-electron chi connectivity index (χ0n) is 11.1. The van der Waals surface area contributed by atoms with Gasteiger partial charge in [-0.2, -0.15) is 0 Å². The maximum Gasteiger partial charge on any atom is 0.127 e. The maximum atomic E-state index is 13.7. The third-order valence-electron chi connectivity index (χ3n) is 4.05. The molecule has 2 unspecified atom stereocenters. The second-order valence-electron chi connectivity index (χ2n) is 5.48. The smallest absolute Gasteiger partial charge is 0.127 e. The summed E-state index contributed by atoms with van der Waals surface area (Å²) in [5, 5.41) is 9.27. The van der Waals surface area contributed by atoms with Crippen molar-refractivity contribution in [1.29, 1.82) is 0 Å². The quantitative estimate of drug-likeness (QED) is 0.893. The van der Waals surface area contributed by atoms with Gasteiger partial charge in [0.2, 0.25) is 0 Å². The molecule has 0 radical (unpaired) electrons. The molecule has 1 N–H and O–H groups in total. The first kappa shape index (κ1) is 13.5. The molecule has 1 saturated heterocycles. The Morgan fingerprint density at radius 3 is 2.39 bits per heavy atom.